The third-order valence-corrected chi connectivity index (χ3v) is 3.87. The van der Waals surface area contributed by atoms with E-state index in [1.165, 1.54) is 6.92 Å². The minimum Gasteiger partial charge on any atom is -0.481 e. The fraction of sp³-hybridized carbons (Fsp3) is 0.438. The molecule has 0 unspecified atom stereocenters. The van der Waals surface area contributed by atoms with Gasteiger partial charge in [-0.25, -0.2) is 0 Å². The molecule has 1 fully saturated rings. The zero-order chi connectivity index (χ0) is 16.3. The van der Waals surface area contributed by atoms with E-state index in [1.807, 2.05) is 13.0 Å². The predicted octanol–water partition coefficient (Wildman–Crippen LogP) is 1.22. The maximum Gasteiger partial charge on any atom is 0.305 e. The molecule has 1 saturated heterocycles. The Morgan fingerprint density at radius 3 is 2.36 bits per heavy atom. The monoisotopic (exact) mass is 304 g/mol. The van der Waals surface area contributed by atoms with E-state index in [9.17, 15) is 14.4 Å². The van der Waals surface area contributed by atoms with Gasteiger partial charge in [-0.3, -0.25) is 14.4 Å². The van der Waals surface area contributed by atoms with Gasteiger partial charge in [0.15, 0.2) is 0 Å². The van der Waals surface area contributed by atoms with Crippen molar-refractivity contribution in [1.29, 1.82) is 0 Å². The summed E-state index contributed by atoms with van der Waals surface area (Å²) in [6.45, 7) is 3.91. The van der Waals surface area contributed by atoms with E-state index in [-0.39, 0.29) is 30.8 Å². The van der Waals surface area contributed by atoms with Crippen LogP contribution < -0.4 is 0 Å². The van der Waals surface area contributed by atoms with Crippen LogP contribution in [0.15, 0.2) is 30.3 Å². The molecule has 2 amide bonds. The second-order valence-electron chi connectivity index (χ2n) is 5.60. The first-order valence-corrected chi connectivity index (χ1v) is 7.25. The lowest BCUT2D eigenvalue weighted by Gasteiger charge is -2.45. The summed E-state index contributed by atoms with van der Waals surface area (Å²) in [7, 11) is 0. The van der Waals surface area contributed by atoms with Crippen molar-refractivity contribution in [3.63, 3.8) is 0 Å². The van der Waals surface area contributed by atoms with E-state index in [2.05, 4.69) is 0 Å². The maximum atomic E-state index is 12.5. The molecule has 22 heavy (non-hydrogen) atoms. The maximum absolute atomic E-state index is 12.5. The van der Waals surface area contributed by atoms with Crippen LogP contribution in [-0.2, 0) is 9.59 Å². The molecule has 2 rings (SSSR count). The van der Waals surface area contributed by atoms with Crippen LogP contribution in [0.2, 0.25) is 0 Å². The molecule has 1 aromatic rings. The minimum absolute atomic E-state index is 0.133. The van der Waals surface area contributed by atoms with Crippen molar-refractivity contribution in [3.05, 3.63) is 35.9 Å². The van der Waals surface area contributed by atoms with Crippen molar-refractivity contribution in [2.75, 3.05) is 13.1 Å². The van der Waals surface area contributed by atoms with Gasteiger partial charge < -0.3 is 14.9 Å². The van der Waals surface area contributed by atoms with Gasteiger partial charge in [-0.1, -0.05) is 18.2 Å². The molecular formula is C16H20N2O4. The molecular weight excluding hydrogens is 284 g/mol. The highest BCUT2D eigenvalue weighted by Gasteiger charge is 2.36. The van der Waals surface area contributed by atoms with Gasteiger partial charge in [-0.2, -0.15) is 0 Å². The van der Waals surface area contributed by atoms with E-state index in [0.717, 1.165) is 0 Å². The summed E-state index contributed by atoms with van der Waals surface area (Å²) in [4.78, 5) is 38.6. The molecule has 1 aliphatic heterocycles. The van der Waals surface area contributed by atoms with Gasteiger partial charge in [0.2, 0.25) is 5.91 Å². The van der Waals surface area contributed by atoms with Crippen molar-refractivity contribution in [3.8, 4) is 0 Å². The summed E-state index contributed by atoms with van der Waals surface area (Å²) in [5.74, 6) is -1.27. The molecule has 1 aliphatic rings. The fourth-order valence-corrected chi connectivity index (χ4v) is 3.04. The Morgan fingerprint density at radius 1 is 1.18 bits per heavy atom. The number of hydrogen-bond donors (Lipinski definition) is 1. The van der Waals surface area contributed by atoms with Crippen molar-refractivity contribution in [2.45, 2.75) is 32.4 Å². The van der Waals surface area contributed by atoms with Crippen LogP contribution in [-0.4, -0.2) is 57.9 Å². The summed E-state index contributed by atoms with van der Waals surface area (Å²) >= 11 is 0. The zero-order valence-electron chi connectivity index (χ0n) is 12.7. The molecule has 0 radical (unpaired) electrons. The third kappa shape index (κ3) is 3.44. The fourth-order valence-electron chi connectivity index (χ4n) is 3.04. The number of carbonyl (C=O) groups excluding carboxylic acids is 2. The van der Waals surface area contributed by atoms with Crippen LogP contribution in [0.5, 0.6) is 0 Å². The van der Waals surface area contributed by atoms with Gasteiger partial charge in [0.1, 0.15) is 0 Å². The first kappa shape index (κ1) is 16.0. The lowest BCUT2D eigenvalue weighted by Crippen LogP contribution is -2.60. The number of benzene rings is 1. The predicted molar refractivity (Wildman–Crippen MR) is 80.4 cm³/mol. The van der Waals surface area contributed by atoms with Crippen LogP contribution in [0.1, 0.15) is 30.6 Å². The Bertz CT molecular complexity index is 573. The van der Waals surface area contributed by atoms with Crippen molar-refractivity contribution in [1.82, 2.24) is 9.80 Å². The number of carboxylic acids is 1. The van der Waals surface area contributed by atoms with Crippen LogP contribution in [0.25, 0.3) is 0 Å². The number of carbonyl (C=O) groups is 3. The van der Waals surface area contributed by atoms with Gasteiger partial charge in [0.05, 0.1) is 12.5 Å². The van der Waals surface area contributed by atoms with E-state index in [1.54, 1.807) is 34.1 Å². The largest absolute Gasteiger partial charge is 0.481 e. The number of nitrogens with zero attached hydrogens (tertiary/aromatic N) is 2. The summed E-state index contributed by atoms with van der Waals surface area (Å²) in [6.07, 6.45) is -0.164. The lowest BCUT2D eigenvalue weighted by atomic mass is 10.0. The molecule has 1 heterocycles. The molecule has 0 bridgehead atoms. The molecule has 0 aliphatic carbocycles. The van der Waals surface area contributed by atoms with Crippen LogP contribution >= 0.6 is 0 Å². The second kappa shape index (κ2) is 6.60. The van der Waals surface area contributed by atoms with E-state index in [4.69, 9.17) is 5.11 Å². The van der Waals surface area contributed by atoms with Crippen molar-refractivity contribution >= 4 is 17.8 Å². The molecule has 0 aromatic heterocycles. The molecule has 1 aromatic carbocycles. The van der Waals surface area contributed by atoms with Gasteiger partial charge in [-0.15, -0.1) is 0 Å². The number of amides is 2. The standard InChI is InChI=1S/C16H20N2O4/c1-11-9-17(16(22)13-6-4-3-5-7-13)10-14(8-15(20)21)18(11)12(2)19/h3-7,11,14H,8-10H2,1-2H3,(H,20,21)/t11-,14+/m1/s1. The average molecular weight is 304 g/mol. The van der Waals surface area contributed by atoms with Gasteiger partial charge >= 0.3 is 5.97 Å². The zero-order valence-corrected chi connectivity index (χ0v) is 12.7. The number of carboxylic acid groups (broad SMARTS) is 1. The Hall–Kier alpha value is -2.37. The van der Waals surface area contributed by atoms with Crippen LogP contribution in [0, 0.1) is 0 Å². The molecule has 0 spiro atoms. The smallest absolute Gasteiger partial charge is 0.305 e. The SMILES string of the molecule is CC(=O)N1[C@@H](CC(=O)O)CN(C(=O)c2ccccc2)C[C@H]1C. The van der Waals surface area contributed by atoms with Crippen LogP contribution in [0.4, 0.5) is 0 Å². The van der Waals surface area contributed by atoms with Crippen LogP contribution in [0.3, 0.4) is 0 Å². The van der Waals surface area contributed by atoms with Crippen molar-refractivity contribution < 1.29 is 19.5 Å². The quantitative estimate of drug-likeness (QED) is 0.911. The van der Waals surface area contributed by atoms with E-state index >= 15 is 0 Å². The lowest BCUT2D eigenvalue weighted by molar-refractivity contribution is -0.143. The number of rotatable bonds is 3. The summed E-state index contributed by atoms with van der Waals surface area (Å²) in [5.41, 5.74) is 0.569. The molecule has 2 atom stereocenters. The van der Waals surface area contributed by atoms with Gasteiger partial charge in [-0.05, 0) is 19.1 Å². The number of aliphatic carboxylic acids is 1. The Balaban J connectivity index is 2.20. The Labute approximate surface area is 129 Å². The third-order valence-electron chi connectivity index (χ3n) is 3.87. The highest BCUT2D eigenvalue weighted by atomic mass is 16.4. The molecule has 6 nitrogen and oxygen atoms in total. The molecule has 1 N–H and O–H groups in total. The van der Waals surface area contributed by atoms with Gasteiger partial charge in [0, 0.05) is 31.6 Å². The number of hydrogen-bond acceptors (Lipinski definition) is 3. The second-order valence-corrected chi connectivity index (χ2v) is 5.60. The van der Waals surface area contributed by atoms with E-state index in [0.29, 0.717) is 12.1 Å². The summed E-state index contributed by atoms with van der Waals surface area (Å²) < 4.78 is 0. The topological polar surface area (TPSA) is 77.9 Å². The Morgan fingerprint density at radius 2 is 1.82 bits per heavy atom. The number of piperazine rings is 1. The van der Waals surface area contributed by atoms with Crippen molar-refractivity contribution in [2.24, 2.45) is 0 Å². The normalized spacial score (nSPS) is 21.5. The first-order valence-electron chi connectivity index (χ1n) is 7.25. The molecule has 6 heteroatoms. The van der Waals surface area contributed by atoms with Gasteiger partial charge in [0.25, 0.3) is 5.91 Å². The average Bonchev–Trinajstić information content (AvgIpc) is 2.45. The highest BCUT2D eigenvalue weighted by molar-refractivity contribution is 5.94. The Kier molecular flexibility index (Phi) is 4.80. The summed E-state index contributed by atoms with van der Waals surface area (Å²) in [6, 6.07) is 8.18. The minimum atomic E-state index is -0.975. The highest BCUT2D eigenvalue weighted by Crippen LogP contribution is 2.20. The first-order chi connectivity index (χ1) is 10.4. The molecule has 118 valence electrons. The van der Waals surface area contributed by atoms with E-state index < -0.39 is 12.0 Å². The molecule has 0 saturated carbocycles. The summed E-state index contributed by atoms with van der Waals surface area (Å²) in [5, 5.41) is 9.05.